The lowest BCUT2D eigenvalue weighted by atomic mass is 10.1. The number of hydrogen-bond donors (Lipinski definition) is 1. The van der Waals surface area contributed by atoms with Gasteiger partial charge in [-0.25, -0.2) is 0 Å². The minimum Gasteiger partial charge on any atom is -0.497 e. The molecule has 1 aromatic rings. The van der Waals surface area contributed by atoms with Gasteiger partial charge in [0.2, 0.25) is 0 Å². The molecular weight excluding hydrogens is 378 g/mol. The van der Waals surface area contributed by atoms with E-state index < -0.39 is 0 Å². The summed E-state index contributed by atoms with van der Waals surface area (Å²) in [7, 11) is 3.10. The smallest absolute Gasteiger partial charge is 0.255 e. The van der Waals surface area contributed by atoms with Gasteiger partial charge < -0.3 is 14.8 Å². The molecule has 1 aromatic carbocycles. The highest BCUT2D eigenvalue weighted by atomic mass is 79.9. The van der Waals surface area contributed by atoms with Gasteiger partial charge in [-0.3, -0.25) is 4.79 Å². The van der Waals surface area contributed by atoms with Crippen molar-refractivity contribution in [1.82, 2.24) is 5.32 Å². The molecule has 0 fully saturated rings. The molecule has 0 aliphatic rings. The van der Waals surface area contributed by atoms with Crippen LogP contribution in [0.1, 0.15) is 17.3 Å². The average Bonchev–Trinajstić information content (AvgIpc) is 2.46. The first kappa shape index (κ1) is 16.3. The molecule has 0 saturated carbocycles. The first-order valence-electron chi connectivity index (χ1n) is 5.66. The number of rotatable bonds is 6. The third kappa shape index (κ3) is 4.11. The van der Waals surface area contributed by atoms with Crippen LogP contribution >= 0.6 is 31.9 Å². The first-order valence-corrected chi connectivity index (χ1v) is 7.90. The Morgan fingerprint density at radius 3 is 2.37 bits per heavy atom. The highest BCUT2D eigenvalue weighted by Crippen LogP contribution is 2.25. The lowest BCUT2D eigenvalue weighted by Gasteiger charge is -2.26. The number of halogens is 2. The zero-order chi connectivity index (χ0) is 14.5. The van der Waals surface area contributed by atoms with E-state index in [4.69, 9.17) is 9.47 Å². The van der Waals surface area contributed by atoms with E-state index in [0.29, 0.717) is 27.7 Å². The monoisotopic (exact) mass is 393 g/mol. The summed E-state index contributed by atoms with van der Waals surface area (Å²) in [5.41, 5.74) is 0.124. The topological polar surface area (TPSA) is 47.6 Å². The molecule has 0 radical (unpaired) electrons. The molecule has 1 rings (SSSR count). The first-order chi connectivity index (χ1) is 8.99. The van der Waals surface area contributed by atoms with Crippen LogP contribution < -0.4 is 14.8 Å². The van der Waals surface area contributed by atoms with Gasteiger partial charge in [-0.05, 0) is 19.1 Å². The Hall–Kier alpha value is -0.750. The number of ether oxygens (including phenoxy) is 2. The predicted molar refractivity (Wildman–Crippen MR) is 83.0 cm³/mol. The number of nitrogens with one attached hydrogen (secondary N) is 1. The fourth-order valence-electron chi connectivity index (χ4n) is 1.43. The standard InChI is InChI=1S/C13H17Br2NO3/c1-13(7-14,8-15)16-12(17)10-5-4-9(18-2)6-11(10)19-3/h4-6H,7-8H2,1-3H3,(H,16,17). The van der Waals surface area contributed by atoms with Crippen molar-refractivity contribution in [1.29, 1.82) is 0 Å². The molecule has 0 aliphatic carbocycles. The average molecular weight is 395 g/mol. The van der Waals surface area contributed by atoms with Gasteiger partial charge in [-0.15, -0.1) is 0 Å². The van der Waals surface area contributed by atoms with Crippen molar-refractivity contribution >= 4 is 37.8 Å². The van der Waals surface area contributed by atoms with Gasteiger partial charge in [0, 0.05) is 16.7 Å². The Morgan fingerprint density at radius 1 is 1.26 bits per heavy atom. The van der Waals surface area contributed by atoms with Crippen molar-refractivity contribution in [3.63, 3.8) is 0 Å². The molecule has 4 nitrogen and oxygen atoms in total. The van der Waals surface area contributed by atoms with E-state index in [1.165, 1.54) is 7.11 Å². The quantitative estimate of drug-likeness (QED) is 0.754. The Morgan fingerprint density at radius 2 is 1.89 bits per heavy atom. The van der Waals surface area contributed by atoms with Gasteiger partial charge in [0.1, 0.15) is 11.5 Å². The molecule has 0 spiro atoms. The van der Waals surface area contributed by atoms with E-state index in [9.17, 15) is 4.79 Å². The Labute approximate surface area is 130 Å². The number of alkyl halides is 2. The Bertz CT molecular complexity index is 448. The second kappa shape index (κ2) is 7.14. The van der Waals surface area contributed by atoms with Gasteiger partial charge in [0.05, 0.1) is 25.3 Å². The van der Waals surface area contributed by atoms with Gasteiger partial charge in [-0.1, -0.05) is 31.9 Å². The number of methoxy groups -OCH3 is 2. The van der Waals surface area contributed by atoms with Crippen LogP contribution in [0.2, 0.25) is 0 Å². The molecule has 0 unspecified atom stereocenters. The zero-order valence-corrected chi connectivity index (χ0v) is 14.3. The summed E-state index contributed by atoms with van der Waals surface area (Å²) in [6.45, 7) is 1.95. The largest absolute Gasteiger partial charge is 0.497 e. The lowest BCUT2D eigenvalue weighted by molar-refractivity contribution is 0.0920. The van der Waals surface area contributed by atoms with E-state index in [-0.39, 0.29) is 11.4 Å². The maximum absolute atomic E-state index is 12.3. The lowest BCUT2D eigenvalue weighted by Crippen LogP contribution is -2.49. The second-order valence-electron chi connectivity index (χ2n) is 4.35. The van der Waals surface area contributed by atoms with Gasteiger partial charge in [0.25, 0.3) is 5.91 Å². The molecule has 1 amide bonds. The zero-order valence-electron chi connectivity index (χ0n) is 11.1. The number of carbonyl (C=O) groups is 1. The van der Waals surface area contributed by atoms with E-state index in [0.717, 1.165) is 0 Å². The summed E-state index contributed by atoms with van der Waals surface area (Å²) in [6.07, 6.45) is 0. The van der Waals surface area contributed by atoms with Crippen LogP contribution in [0.15, 0.2) is 18.2 Å². The third-order valence-electron chi connectivity index (χ3n) is 2.66. The predicted octanol–water partition coefficient (Wildman–Crippen LogP) is 2.98. The molecule has 6 heteroatoms. The van der Waals surface area contributed by atoms with Crippen molar-refractivity contribution < 1.29 is 14.3 Å². The normalized spacial score (nSPS) is 11.0. The van der Waals surface area contributed by atoms with E-state index in [1.807, 2.05) is 6.92 Å². The molecule has 0 atom stereocenters. The molecular formula is C13H17Br2NO3. The highest BCUT2D eigenvalue weighted by molar-refractivity contribution is 9.09. The number of amides is 1. The summed E-state index contributed by atoms with van der Waals surface area (Å²) >= 11 is 6.79. The fraction of sp³-hybridized carbons (Fsp3) is 0.462. The van der Waals surface area contributed by atoms with E-state index >= 15 is 0 Å². The van der Waals surface area contributed by atoms with E-state index in [1.54, 1.807) is 25.3 Å². The molecule has 0 aliphatic heterocycles. The molecule has 0 aromatic heterocycles. The maximum Gasteiger partial charge on any atom is 0.255 e. The summed E-state index contributed by atoms with van der Waals surface area (Å²) in [4.78, 5) is 12.3. The van der Waals surface area contributed by atoms with Crippen LogP contribution in [0.3, 0.4) is 0 Å². The van der Waals surface area contributed by atoms with E-state index in [2.05, 4.69) is 37.2 Å². The highest BCUT2D eigenvalue weighted by Gasteiger charge is 2.25. The summed E-state index contributed by atoms with van der Waals surface area (Å²) in [5, 5.41) is 4.26. The summed E-state index contributed by atoms with van der Waals surface area (Å²) < 4.78 is 10.3. The van der Waals surface area contributed by atoms with Gasteiger partial charge in [-0.2, -0.15) is 0 Å². The third-order valence-corrected chi connectivity index (χ3v) is 5.13. The van der Waals surface area contributed by atoms with Crippen molar-refractivity contribution in [3.05, 3.63) is 23.8 Å². The minimum atomic E-state index is -0.359. The van der Waals surface area contributed by atoms with Gasteiger partial charge in [0.15, 0.2) is 0 Å². The number of benzene rings is 1. The van der Waals surface area contributed by atoms with Crippen LogP contribution in [0.25, 0.3) is 0 Å². The van der Waals surface area contributed by atoms with Crippen LogP contribution in [0.4, 0.5) is 0 Å². The molecule has 19 heavy (non-hydrogen) atoms. The minimum absolute atomic E-state index is 0.180. The summed E-state index contributed by atoms with van der Waals surface area (Å²) in [6, 6.07) is 5.11. The second-order valence-corrected chi connectivity index (χ2v) is 5.47. The van der Waals surface area contributed by atoms with Crippen LogP contribution in [-0.4, -0.2) is 36.3 Å². The fourth-order valence-corrected chi connectivity index (χ4v) is 2.64. The number of carbonyl (C=O) groups excluding carboxylic acids is 1. The molecule has 0 heterocycles. The van der Waals surface area contributed by atoms with Crippen LogP contribution in [0.5, 0.6) is 11.5 Å². The van der Waals surface area contributed by atoms with Crippen LogP contribution in [0, 0.1) is 0 Å². The molecule has 1 N–H and O–H groups in total. The van der Waals surface area contributed by atoms with Crippen molar-refractivity contribution in [2.24, 2.45) is 0 Å². The van der Waals surface area contributed by atoms with Gasteiger partial charge >= 0.3 is 0 Å². The SMILES string of the molecule is COc1ccc(C(=O)NC(C)(CBr)CBr)c(OC)c1. The van der Waals surface area contributed by atoms with Crippen LogP contribution in [-0.2, 0) is 0 Å². The molecule has 106 valence electrons. The Balaban J connectivity index is 2.99. The van der Waals surface area contributed by atoms with Crippen molar-refractivity contribution in [2.75, 3.05) is 24.9 Å². The van der Waals surface area contributed by atoms with Crippen molar-refractivity contribution in [3.8, 4) is 11.5 Å². The number of hydrogen-bond acceptors (Lipinski definition) is 3. The summed E-state index contributed by atoms with van der Waals surface area (Å²) in [5.74, 6) is 0.960. The van der Waals surface area contributed by atoms with Crippen molar-refractivity contribution in [2.45, 2.75) is 12.5 Å². The Kier molecular flexibility index (Phi) is 6.13. The maximum atomic E-state index is 12.3. The molecule has 0 saturated heterocycles. The molecule has 0 bridgehead atoms.